The predicted molar refractivity (Wildman–Crippen MR) is 74.4 cm³/mol. The lowest BCUT2D eigenvalue weighted by molar-refractivity contribution is 0.313. The van der Waals surface area contributed by atoms with Crippen LogP contribution in [0.1, 0.15) is 13.3 Å². The second-order valence-corrected chi connectivity index (χ2v) is 6.92. The van der Waals surface area contributed by atoms with Crippen LogP contribution in [0.25, 0.3) is 0 Å². The number of pyridine rings is 1. The van der Waals surface area contributed by atoms with E-state index in [0.29, 0.717) is 4.47 Å². The SMILES string of the molecule is CC(CC(N)=NO)N(C)S(=O)(=O)c1cncc(Br)c1. The van der Waals surface area contributed by atoms with Crippen molar-refractivity contribution < 1.29 is 13.6 Å². The van der Waals surface area contributed by atoms with Gasteiger partial charge in [-0.15, -0.1) is 0 Å². The van der Waals surface area contributed by atoms with Crippen molar-refractivity contribution in [3.05, 3.63) is 22.9 Å². The fourth-order valence-corrected chi connectivity index (χ4v) is 3.28. The molecule has 106 valence electrons. The molecule has 19 heavy (non-hydrogen) atoms. The summed E-state index contributed by atoms with van der Waals surface area (Å²) in [6.07, 6.45) is 2.90. The van der Waals surface area contributed by atoms with Gasteiger partial charge in [-0.05, 0) is 28.9 Å². The molecule has 3 N–H and O–H groups in total. The summed E-state index contributed by atoms with van der Waals surface area (Å²) in [4.78, 5) is 3.91. The first kappa shape index (κ1) is 15.9. The van der Waals surface area contributed by atoms with Gasteiger partial charge < -0.3 is 10.9 Å². The first-order valence-electron chi connectivity index (χ1n) is 5.34. The Balaban J connectivity index is 3.00. The Labute approximate surface area is 120 Å². The van der Waals surface area contributed by atoms with Gasteiger partial charge in [0.25, 0.3) is 0 Å². The molecule has 0 radical (unpaired) electrons. The zero-order valence-corrected chi connectivity index (χ0v) is 12.9. The highest BCUT2D eigenvalue weighted by atomic mass is 79.9. The first-order valence-corrected chi connectivity index (χ1v) is 7.57. The summed E-state index contributed by atoms with van der Waals surface area (Å²) in [7, 11) is -2.23. The van der Waals surface area contributed by atoms with Crippen LogP contribution < -0.4 is 5.73 Å². The maximum absolute atomic E-state index is 12.3. The molecule has 0 spiro atoms. The molecule has 0 amide bonds. The molecule has 0 saturated carbocycles. The van der Waals surface area contributed by atoms with Crippen LogP contribution in [0, 0.1) is 0 Å². The molecule has 0 bridgehead atoms. The second-order valence-electron chi connectivity index (χ2n) is 4.00. The predicted octanol–water partition coefficient (Wildman–Crippen LogP) is 0.990. The van der Waals surface area contributed by atoms with Gasteiger partial charge in [-0.3, -0.25) is 4.98 Å². The van der Waals surface area contributed by atoms with E-state index in [4.69, 9.17) is 10.9 Å². The highest BCUT2D eigenvalue weighted by molar-refractivity contribution is 9.10. The quantitative estimate of drug-likeness (QED) is 0.356. The molecule has 0 aliphatic heterocycles. The van der Waals surface area contributed by atoms with E-state index in [9.17, 15) is 8.42 Å². The Kier molecular flexibility index (Phi) is 5.27. The molecular weight excluding hydrogens is 336 g/mol. The third kappa shape index (κ3) is 3.88. The van der Waals surface area contributed by atoms with Gasteiger partial charge in [0.1, 0.15) is 10.7 Å². The lowest BCUT2D eigenvalue weighted by atomic mass is 10.2. The molecule has 9 heteroatoms. The molecule has 0 aliphatic rings. The molecule has 1 aromatic rings. The van der Waals surface area contributed by atoms with E-state index in [1.807, 2.05) is 0 Å². The number of aromatic nitrogens is 1. The lowest BCUT2D eigenvalue weighted by Gasteiger charge is -2.23. The number of halogens is 1. The number of hydrogen-bond acceptors (Lipinski definition) is 5. The van der Waals surface area contributed by atoms with Crippen LogP contribution in [-0.4, -0.2) is 41.8 Å². The first-order chi connectivity index (χ1) is 8.78. The molecular formula is C10H15BrN4O3S. The molecule has 1 atom stereocenters. The second kappa shape index (κ2) is 6.31. The summed E-state index contributed by atoms with van der Waals surface area (Å²) < 4.78 is 26.4. The number of oxime groups is 1. The molecule has 1 aromatic heterocycles. The van der Waals surface area contributed by atoms with Gasteiger partial charge in [-0.25, -0.2) is 8.42 Å². The van der Waals surface area contributed by atoms with Crippen LogP contribution in [0.2, 0.25) is 0 Å². The van der Waals surface area contributed by atoms with E-state index in [0.717, 1.165) is 4.31 Å². The molecule has 0 saturated heterocycles. The van der Waals surface area contributed by atoms with Crippen molar-refractivity contribution in [2.75, 3.05) is 7.05 Å². The monoisotopic (exact) mass is 350 g/mol. The average molecular weight is 351 g/mol. The minimum absolute atomic E-state index is 0.0260. The number of sulfonamides is 1. The molecule has 0 fully saturated rings. The molecule has 1 heterocycles. The number of nitrogens with two attached hydrogens (primary N) is 1. The smallest absolute Gasteiger partial charge is 0.244 e. The molecule has 7 nitrogen and oxygen atoms in total. The van der Waals surface area contributed by atoms with E-state index in [1.54, 1.807) is 6.92 Å². The zero-order valence-electron chi connectivity index (χ0n) is 10.5. The number of nitrogens with zero attached hydrogens (tertiary/aromatic N) is 3. The van der Waals surface area contributed by atoms with Gasteiger partial charge >= 0.3 is 0 Å². The van der Waals surface area contributed by atoms with E-state index in [1.165, 1.54) is 25.5 Å². The molecule has 1 rings (SSSR count). The van der Waals surface area contributed by atoms with Gasteiger partial charge in [0.2, 0.25) is 10.0 Å². The van der Waals surface area contributed by atoms with Crippen molar-refractivity contribution >= 4 is 31.8 Å². The van der Waals surface area contributed by atoms with Crippen LogP contribution in [-0.2, 0) is 10.0 Å². The van der Waals surface area contributed by atoms with Crippen molar-refractivity contribution in [3.8, 4) is 0 Å². The fourth-order valence-electron chi connectivity index (χ4n) is 1.41. The topological polar surface area (TPSA) is 109 Å². The Bertz CT molecular complexity index is 576. The maximum Gasteiger partial charge on any atom is 0.244 e. The third-order valence-corrected chi connectivity index (χ3v) is 4.98. The highest BCUT2D eigenvalue weighted by Crippen LogP contribution is 2.20. The van der Waals surface area contributed by atoms with Crippen LogP contribution in [0.4, 0.5) is 0 Å². The molecule has 0 aliphatic carbocycles. The van der Waals surface area contributed by atoms with Gasteiger partial charge in [0.05, 0.1) is 0 Å². The normalized spacial score (nSPS) is 14.6. The van der Waals surface area contributed by atoms with Crippen molar-refractivity contribution in [1.29, 1.82) is 0 Å². The minimum Gasteiger partial charge on any atom is -0.409 e. The summed E-state index contributed by atoms with van der Waals surface area (Å²) >= 11 is 3.17. The average Bonchev–Trinajstić information content (AvgIpc) is 2.37. The summed E-state index contributed by atoms with van der Waals surface area (Å²) in [5.41, 5.74) is 5.38. The van der Waals surface area contributed by atoms with Crippen LogP contribution in [0.3, 0.4) is 0 Å². The number of amidine groups is 1. The largest absolute Gasteiger partial charge is 0.409 e. The van der Waals surface area contributed by atoms with Gasteiger partial charge in [0.15, 0.2) is 0 Å². The molecule has 1 unspecified atom stereocenters. The van der Waals surface area contributed by atoms with Crippen molar-refractivity contribution in [2.45, 2.75) is 24.3 Å². The van der Waals surface area contributed by atoms with Gasteiger partial charge in [-0.1, -0.05) is 5.16 Å². The van der Waals surface area contributed by atoms with Crippen LogP contribution >= 0.6 is 15.9 Å². The third-order valence-electron chi connectivity index (χ3n) is 2.61. The van der Waals surface area contributed by atoms with Crippen LogP contribution in [0.15, 0.2) is 33.0 Å². The van der Waals surface area contributed by atoms with Crippen molar-refractivity contribution in [3.63, 3.8) is 0 Å². The van der Waals surface area contributed by atoms with E-state index in [-0.39, 0.29) is 17.2 Å². The summed E-state index contributed by atoms with van der Waals surface area (Å²) in [5.74, 6) is -0.0260. The Morgan fingerprint density at radius 2 is 2.26 bits per heavy atom. The highest BCUT2D eigenvalue weighted by Gasteiger charge is 2.26. The van der Waals surface area contributed by atoms with Crippen molar-refractivity contribution in [2.24, 2.45) is 10.9 Å². The maximum atomic E-state index is 12.3. The summed E-state index contributed by atoms with van der Waals surface area (Å²) in [6, 6.07) is 1.02. The Hall–Kier alpha value is -1.19. The van der Waals surface area contributed by atoms with E-state index in [2.05, 4.69) is 26.1 Å². The number of hydrogen-bond donors (Lipinski definition) is 2. The lowest BCUT2D eigenvalue weighted by Crippen LogP contribution is -2.37. The summed E-state index contributed by atoms with van der Waals surface area (Å²) in [5, 5.41) is 11.3. The van der Waals surface area contributed by atoms with Crippen LogP contribution in [0.5, 0.6) is 0 Å². The minimum atomic E-state index is -3.67. The van der Waals surface area contributed by atoms with Crippen molar-refractivity contribution in [1.82, 2.24) is 9.29 Å². The van der Waals surface area contributed by atoms with E-state index < -0.39 is 16.1 Å². The van der Waals surface area contributed by atoms with Gasteiger partial charge in [-0.2, -0.15) is 4.31 Å². The number of rotatable bonds is 5. The van der Waals surface area contributed by atoms with E-state index >= 15 is 0 Å². The fraction of sp³-hybridized carbons (Fsp3) is 0.400. The zero-order chi connectivity index (χ0) is 14.6. The molecule has 0 aromatic carbocycles. The van der Waals surface area contributed by atoms with Gasteiger partial charge in [0, 0.05) is 36.4 Å². The standard InChI is InChI=1S/C10H15BrN4O3S/c1-7(3-10(12)14-16)15(2)19(17,18)9-4-8(11)5-13-6-9/h4-7,16H,3H2,1-2H3,(H2,12,14). The summed E-state index contributed by atoms with van der Waals surface area (Å²) in [6.45, 7) is 1.67. The Morgan fingerprint density at radius 1 is 1.63 bits per heavy atom. The Morgan fingerprint density at radius 3 is 2.79 bits per heavy atom.